The Morgan fingerprint density at radius 2 is 2.67 bits per heavy atom. The van der Waals surface area contributed by atoms with E-state index < -0.39 is 9.92 Å². The van der Waals surface area contributed by atoms with Gasteiger partial charge in [-0.25, -0.2) is 13.7 Å². The van der Waals surface area contributed by atoms with Gasteiger partial charge in [-0.1, -0.05) is 0 Å². The van der Waals surface area contributed by atoms with Crippen molar-refractivity contribution in [1.82, 2.24) is 9.71 Å². The van der Waals surface area contributed by atoms with Crippen LogP contribution in [0.5, 0.6) is 0 Å². The van der Waals surface area contributed by atoms with E-state index in [1.807, 2.05) is 0 Å². The Kier molecular flexibility index (Phi) is 3.15. The lowest BCUT2D eigenvalue weighted by Crippen LogP contribution is -2.23. The molecule has 0 radical (unpaired) electrons. The van der Waals surface area contributed by atoms with Gasteiger partial charge in [0.05, 0.1) is 11.7 Å². The smallest absolute Gasteiger partial charge is 0.147 e. The third-order valence-electron chi connectivity index (χ3n) is 1.10. The number of nitrogens with zero attached hydrogens (tertiary/aromatic N) is 1. The summed E-state index contributed by atoms with van der Waals surface area (Å²) in [6.45, 7) is 0.0975. The summed E-state index contributed by atoms with van der Waals surface area (Å²) in [7, 11) is -1.43. The number of ether oxygens (including phenoxy) is 1. The van der Waals surface area contributed by atoms with Gasteiger partial charge in [0.15, 0.2) is 0 Å². The lowest BCUT2D eigenvalue weighted by molar-refractivity contribution is 0.195. The first-order chi connectivity index (χ1) is 5.67. The Morgan fingerprint density at radius 1 is 1.92 bits per heavy atom. The van der Waals surface area contributed by atoms with Crippen molar-refractivity contribution in [3.63, 3.8) is 0 Å². The molecular weight excluding hydrogens is 198 g/mol. The van der Waals surface area contributed by atoms with Crippen LogP contribution in [0.1, 0.15) is 0 Å². The van der Waals surface area contributed by atoms with E-state index in [4.69, 9.17) is 4.78 Å². The van der Waals surface area contributed by atoms with Crippen LogP contribution in [0.15, 0.2) is 15.9 Å². The van der Waals surface area contributed by atoms with E-state index in [1.54, 1.807) is 0 Å². The van der Waals surface area contributed by atoms with E-state index in [1.165, 1.54) is 30.2 Å². The molecule has 0 aliphatic rings. The predicted octanol–water partition coefficient (Wildman–Crippen LogP) is 0.657. The van der Waals surface area contributed by atoms with Crippen LogP contribution in [0.2, 0.25) is 0 Å². The molecule has 0 aliphatic heterocycles. The van der Waals surface area contributed by atoms with Gasteiger partial charge in [-0.15, -0.1) is 11.3 Å². The van der Waals surface area contributed by atoms with Gasteiger partial charge >= 0.3 is 0 Å². The van der Waals surface area contributed by atoms with Crippen LogP contribution in [0.25, 0.3) is 0 Å². The SMILES string of the molecule is COCNS(=N)(=O)c1cncs1. The second-order valence-corrected chi connectivity index (χ2v) is 4.94. The molecule has 68 valence electrons. The van der Waals surface area contributed by atoms with Crippen LogP contribution in [-0.4, -0.2) is 23.0 Å². The summed E-state index contributed by atoms with van der Waals surface area (Å²) in [5, 5.41) is 0. The number of methoxy groups -OCH3 is 1. The van der Waals surface area contributed by atoms with Crippen LogP contribution < -0.4 is 4.72 Å². The van der Waals surface area contributed by atoms with Crippen molar-refractivity contribution in [2.75, 3.05) is 13.8 Å². The molecule has 0 bridgehead atoms. The lowest BCUT2D eigenvalue weighted by Gasteiger charge is -2.04. The molecule has 7 heteroatoms. The molecule has 0 spiro atoms. The summed E-state index contributed by atoms with van der Waals surface area (Å²) in [6, 6.07) is 0. The summed E-state index contributed by atoms with van der Waals surface area (Å²) >= 11 is 1.19. The molecule has 0 saturated heterocycles. The van der Waals surface area contributed by atoms with Gasteiger partial charge in [-0.3, -0.25) is 4.98 Å². The fraction of sp³-hybridized carbons (Fsp3) is 0.400. The lowest BCUT2D eigenvalue weighted by atomic mass is 11.0. The highest BCUT2D eigenvalue weighted by molar-refractivity contribution is 7.92. The number of rotatable bonds is 4. The van der Waals surface area contributed by atoms with Crippen molar-refractivity contribution in [3.05, 3.63) is 11.7 Å². The van der Waals surface area contributed by atoms with Crippen molar-refractivity contribution in [1.29, 1.82) is 4.78 Å². The van der Waals surface area contributed by atoms with Crippen molar-refractivity contribution in [2.24, 2.45) is 0 Å². The first kappa shape index (κ1) is 9.59. The molecule has 0 amide bonds. The van der Waals surface area contributed by atoms with Gasteiger partial charge in [0, 0.05) is 7.11 Å². The molecule has 1 atom stereocenters. The average Bonchev–Trinajstić information content (AvgIpc) is 2.53. The van der Waals surface area contributed by atoms with E-state index >= 15 is 0 Å². The van der Waals surface area contributed by atoms with Crippen molar-refractivity contribution < 1.29 is 8.95 Å². The summed E-state index contributed by atoms with van der Waals surface area (Å²) in [5.41, 5.74) is 1.54. The fourth-order valence-corrected chi connectivity index (χ4v) is 2.39. The molecule has 1 rings (SSSR count). The maximum Gasteiger partial charge on any atom is 0.147 e. The van der Waals surface area contributed by atoms with E-state index in [0.29, 0.717) is 4.21 Å². The number of thiazole rings is 1. The van der Waals surface area contributed by atoms with E-state index in [0.717, 1.165) is 0 Å². The molecule has 1 aromatic heterocycles. The normalized spacial score (nSPS) is 15.8. The molecule has 12 heavy (non-hydrogen) atoms. The van der Waals surface area contributed by atoms with Gasteiger partial charge in [0.25, 0.3) is 0 Å². The zero-order chi connectivity index (χ0) is 9.03. The Balaban J connectivity index is 2.74. The third-order valence-corrected chi connectivity index (χ3v) is 3.85. The molecule has 1 aromatic rings. The van der Waals surface area contributed by atoms with Crippen LogP contribution in [0.4, 0.5) is 0 Å². The van der Waals surface area contributed by atoms with Crippen LogP contribution in [0, 0.1) is 4.78 Å². The Hall–Kier alpha value is -0.500. The molecule has 2 N–H and O–H groups in total. The van der Waals surface area contributed by atoms with Gasteiger partial charge < -0.3 is 4.74 Å². The van der Waals surface area contributed by atoms with Crippen molar-refractivity contribution in [2.45, 2.75) is 4.21 Å². The second kappa shape index (κ2) is 3.94. The number of hydrogen-bond acceptors (Lipinski definition) is 5. The first-order valence-electron chi connectivity index (χ1n) is 3.07. The number of nitrogens with one attached hydrogen (secondary N) is 2. The Bertz CT molecular complexity index is 318. The fourth-order valence-electron chi connectivity index (χ4n) is 0.559. The molecule has 0 fully saturated rings. The highest BCUT2D eigenvalue weighted by Gasteiger charge is 2.09. The highest BCUT2D eigenvalue weighted by Crippen LogP contribution is 2.13. The number of hydrogen-bond donors (Lipinski definition) is 2. The van der Waals surface area contributed by atoms with Crippen molar-refractivity contribution in [3.8, 4) is 0 Å². The summed E-state index contributed by atoms with van der Waals surface area (Å²) in [4.78, 5) is 3.74. The Labute approximate surface area is 74.9 Å². The maximum atomic E-state index is 11.5. The average molecular weight is 207 g/mol. The summed E-state index contributed by atoms with van der Waals surface area (Å²) in [6.07, 6.45) is 1.42. The van der Waals surface area contributed by atoms with E-state index in [2.05, 4.69) is 14.4 Å². The zero-order valence-corrected chi connectivity index (χ0v) is 8.08. The molecule has 1 unspecified atom stereocenters. The van der Waals surface area contributed by atoms with E-state index in [-0.39, 0.29) is 6.73 Å². The van der Waals surface area contributed by atoms with Crippen molar-refractivity contribution >= 4 is 21.3 Å². The molecule has 0 saturated carbocycles. The Morgan fingerprint density at radius 3 is 3.17 bits per heavy atom. The molecule has 0 aliphatic carbocycles. The maximum absolute atomic E-state index is 11.5. The summed E-state index contributed by atoms with van der Waals surface area (Å²) in [5.74, 6) is 0. The topological polar surface area (TPSA) is 75.1 Å². The van der Waals surface area contributed by atoms with Crippen LogP contribution in [0.3, 0.4) is 0 Å². The largest absolute Gasteiger partial charge is 0.369 e. The van der Waals surface area contributed by atoms with Crippen LogP contribution >= 0.6 is 11.3 Å². The monoisotopic (exact) mass is 207 g/mol. The van der Waals surface area contributed by atoms with E-state index in [9.17, 15) is 4.21 Å². The molecule has 5 nitrogen and oxygen atoms in total. The minimum Gasteiger partial charge on any atom is -0.369 e. The molecule has 1 heterocycles. The standard InChI is InChI=1S/C5H9N3O2S2/c1-10-3-8-12(6,9)5-2-7-4-11-5/h2,4H,3H2,1H3,(H2,6,8,9). The second-order valence-electron chi connectivity index (χ2n) is 1.95. The van der Waals surface area contributed by atoms with Gasteiger partial charge in [-0.05, 0) is 0 Å². The van der Waals surface area contributed by atoms with Crippen LogP contribution in [-0.2, 0) is 14.7 Å². The zero-order valence-electron chi connectivity index (χ0n) is 6.44. The number of aromatic nitrogens is 1. The third kappa shape index (κ3) is 2.24. The summed E-state index contributed by atoms with van der Waals surface area (Å²) < 4.78 is 26.4. The minimum absolute atomic E-state index is 0.0975. The minimum atomic E-state index is -2.90. The molecule has 0 aromatic carbocycles. The molecular formula is C5H9N3O2S2. The van der Waals surface area contributed by atoms with Gasteiger partial charge in [0.2, 0.25) is 0 Å². The van der Waals surface area contributed by atoms with Gasteiger partial charge in [-0.2, -0.15) is 0 Å². The quantitative estimate of drug-likeness (QED) is 0.712. The highest BCUT2D eigenvalue weighted by atomic mass is 32.2. The predicted molar refractivity (Wildman–Crippen MR) is 46.3 cm³/mol. The first-order valence-corrected chi connectivity index (χ1v) is 5.51. The van der Waals surface area contributed by atoms with Gasteiger partial charge in [0.1, 0.15) is 20.9 Å².